The van der Waals surface area contributed by atoms with Gasteiger partial charge in [-0.3, -0.25) is 4.79 Å². The normalized spacial score (nSPS) is 9.73. The first-order chi connectivity index (χ1) is 6.97. The fourth-order valence-corrected chi connectivity index (χ4v) is 1.24. The van der Waals surface area contributed by atoms with E-state index in [0.717, 1.165) is 6.07 Å². The van der Waals surface area contributed by atoms with Gasteiger partial charge in [0.25, 0.3) is 5.91 Å². The summed E-state index contributed by atoms with van der Waals surface area (Å²) in [5, 5.41) is 20.6. The number of rotatable bonds is 2. The third-order valence-electron chi connectivity index (χ3n) is 2.04. The number of aromatic carboxylic acids is 1. The second-order valence-electron chi connectivity index (χ2n) is 3.07. The van der Waals surface area contributed by atoms with E-state index in [0.29, 0.717) is 5.56 Å². The van der Waals surface area contributed by atoms with Crippen LogP contribution >= 0.6 is 0 Å². The Morgan fingerprint density at radius 1 is 1.27 bits per heavy atom. The molecule has 0 atom stereocenters. The molecule has 5 heteroatoms. The second-order valence-corrected chi connectivity index (χ2v) is 3.07. The minimum absolute atomic E-state index is 0.00593. The molecule has 0 bridgehead atoms. The number of phenolic OH excluding ortho intramolecular Hbond substituents is 1. The molecule has 1 aromatic rings. The van der Waals surface area contributed by atoms with Gasteiger partial charge in [0.15, 0.2) is 0 Å². The highest BCUT2D eigenvalue weighted by molar-refractivity contribution is 6.00. The zero-order valence-corrected chi connectivity index (χ0v) is 8.37. The first-order valence-corrected chi connectivity index (χ1v) is 4.26. The second kappa shape index (κ2) is 4.00. The van der Waals surface area contributed by atoms with Crippen molar-refractivity contribution in [3.8, 4) is 5.75 Å². The van der Waals surface area contributed by atoms with E-state index in [1.807, 2.05) is 0 Å². The lowest BCUT2D eigenvalue weighted by atomic mass is 10.0. The van der Waals surface area contributed by atoms with Crippen LogP contribution in [0.1, 0.15) is 26.3 Å². The average Bonchev–Trinajstić information content (AvgIpc) is 2.16. The Labute approximate surface area is 86.4 Å². The fourth-order valence-electron chi connectivity index (χ4n) is 1.24. The monoisotopic (exact) mass is 209 g/mol. The third kappa shape index (κ3) is 2.07. The van der Waals surface area contributed by atoms with Crippen LogP contribution < -0.4 is 5.32 Å². The Morgan fingerprint density at radius 2 is 1.87 bits per heavy atom. The number of carbonyl (C=O) groups is 2. The molecule has 1 aromatic carbocycles. The summed E-state index contributed by atoms with van der Waals surface area (Å²) in [5.41, 5.74) is 0.375. The largest absolute Gasteiger partial charge is 0.507 e. The van der Waals surface area contributed by atoms with Gasteiger partial charge in [-0.15, -0.1) is 0 Å². The molecule has 0 fully saturated rings. The summed E-state index contributed by atoms with van der Waals surface area (Å²) in [6.07, 6.45) is 0. The molecule has 0 unspecified atom stereocenters. The highest BCUT2D eigenvalue weighted by atomic mass is 16.4. The number of aromatic hydroxyl groups is 1. The molecule has 0 saturated carbocycles. The van der Waals surface area contributed by atoms with Gasteiger partial charge in [0.05, 0.1) is 11.1 Å². The van der Waals surface area contributed by atoms with Crippen molar-refractivity contribution in [1.82, 2.24) is 5.32 Å². The maximum atomic E-state index is 11.3. The zero-order chi connectivity index (χ0) is 11.6. The summed E-state index contributed by atoms with van der Waals surface area (Å²) in [7, 11) is 1.40. The maximum absolute atomic E-state index is 11.3. The van der Waals surface area contributed by atoms with Gasteiger partial charge in [-0.05, 0) is 24.6 Å². The Morgan fingerprint density at radius 3 is 2.33 bits per heavy atom. The lowest BCUT2D eigenvalue weighted by Crippen LogP contribution is -2.18. The smallest absolute Gasteiger partial charge is 0.335 e. The van der Waals surface area contributed by atoms with Crippen LogP contribution in [0.2, 0.25) is 0 Å². The average molecular weight is 209 g/mol. The summed E-state index contributed by atoms with van der Waals surface area (Å²) in [5.74, 6) is -1.87. The number of phenols is 1. The van der Waals surface area contributed by atoms with E-state index in [2.05, 4.69) is 5.32 Å². The quantitative estimate of drug-likeness (QED) is 0.671. The predicted octanol–water partition coefficient (Wildman–Crippen LogP) is 0.758. The molecule has 0 aromatic heterocycles. The topological polar surface area (TPSA) is 86.6 Å². The van der Waals surface area contributed by atoms with Crippen molar-refractivity contribution in [2.24, 2.45) is 0 Å². The van der Waals surface area contributed by atoms with E-state index in [1.165, 1.54) is 13.1 Å². The lowest BCUT2D eigenvalue weighted by Gasteiger charge is -2.07. The number of hydrogen-bond acceptors (Lipinski definition) is 3. The van der Waals surface area contributed by atoms with Crippen molar-refractivity contribution in [1.29, 1.82) is 0 Å². The van der Waals surface area contributed by atoms with Crippen molar-refractivity contribution >= 4 is 11.9 Å². The molecule has 0 spiro atoms. The van der Waals surface area contributed by atoms with Crippen molar-refractivity contribution in [2.75, 3.05) is 7.05 Å². The van der Waals surface area contributed by atoms with Crippen LogP contribution in [0.4, 0.5) is 0 Å². The Hall–Kier alpha value is -2.04. The van der Waals surface area contributed by atoms with Crippen molar-refractivity contribution in [2.45, 2.75) is 6.92 Å². The van der Waals surface area contributed by atoms with Crippen LogP contribution in [-0.4, -0.2) is 29.1 Å². The maximum Gasteiger partial charge on any atom is 0.335 e. The van der Waals surface area contributed by atoms with E-state index in [9.17, 15) is 14.7 Å². The SMILES string of the molecule is CNC(=O)c1cc(C(=O)O)c(C)cc1O. The Kier molecular flexibility index (Phi) is 2.94. The number of benzene rings is 1. The number of amides is 1. The number of aryl methyl sites for hydroxylation is 1. The number of hydrogen-bond donors (Lipinski definition) is 3. The molecule has 0 aliphatic heterocycles. The van der Waals surface area contributed by atoms with E-state index < -0.39 is 11.9 Å². The molecule has 3 N–H and O–H groups in total. The van der Waals surface area contributed by atoms with Crippen molar-refractivity contribution in [3.05, 3.63) is 28.8 Å². The van der Waals surface area contributed by atoms with Crippen LogP contribution in [0.5, 0.6) is 5.75 Å². The molecule has 1 amide bonds. The molecule has 80 valence electrons. The highest BCUT2D eigenvalue weighted by Crippen LogP contribution is 2.22. The van der Waals surface area contributed by atoms with Crippen LogP contribution in [0.15, 0.2) is 12.1 Å². The summed E-state index contributed by atoms with van der Waals surface area (Å²) >= 11 is 0. The molecule has 1 rings (SSSR count). The van der Waals surface area contributed by atoms with Gasteiger partial charge in [0, 0.05) is 7.05 Å². The number of nitrogens with one attached hydrogen (secondary N) is 1. The highest BCUT2D eigenvalue weighted by Gasteiger charge is 2.15. The van der Waals surface area contributed by atoms with Gasteiger partial charge in [0.1, 0.15) is 5.75 Å². The Balaban J connectivity index is 3.36. The third-order valence-corrected chi connectivity index (χ3v) is 2.04. The Bertz CT molecular complexity index is 426. The molecule has 0 aliphatic carbocycles. The van der Waals surface area contributed by atoms with Crippen molar-refractivity contribution in [3.63, 3.8) is 0 Å². The minimum Gasteiger partial charge on any atom is -0.507 e. The molecule has 0 radical (unpaired) electrons. The van der Waals surface area contributed by atoms with Gasteiger partial charge in [-0.2, -0.15) is 0 Å². The molecular formula is C10H11NO4. The predicted molar refractivity (Wildman–Crippen MR) is 53.2 cm³/mol. The van der Waals surface area contributed by atoms with Crippen LogP contribution in [0.3, 0.4) is 0 Å². The number of carboxylic acids is 1. The molecule has 5 nitrogen and oxygen atoms in total. The first-order valence-electron chi connectivity index (χ1n) is 4.26. The van der Waals surface area contributed by atoms with Gasteiger partial charge < -0.3 is 15.5 Å². The standard InChI is InChI=1S/C10H11NO4/c1-5-3-8(12)7(9(13)11-2)4-6(5)10(14)15/h3-4,12H,1-2H3,(H,11,13)(H,14,15). The summed E-state index contributed by atoms with van der Waals surface area (Å²) in [6.45, 7) is 1.55. The van der Waals surface area contributed by atoms with Gasteiger partial charge in [-0.25, -0.2) is 4.79 Å². The van der Waals surface area contributed by atoms with E-state index >= 15 is 0 Å². The molecule has 15 heavy (non-hydrogen) atoms. The van der Waals surface area contributed by atoms with Crippen LogP contribution in [0.25, 0.3) is 0 Å². The van der Waals surface area contributed by atoms with Gasteiger partial charge in [-0.1, -0.05) is 0 Å². The van der Waals surface area contributed by atoms with Crippen LogP contribution in [-0.2, 0) is 0 Å². The molecule has 0 aliphatic rings. The van der Waals surface area contributed by atoms with Crippen molar-refractivity contribution < 1.29 is 19.8 Å². The van der Waals surface area contributed by atoms with E-state index in [4.69, 9.17) is 5.11 Å². The van der Waals surface area contributed by atoms with Gasteiger partial charge >= 0.3 is 5.97 Å². The molecular weight excluding hydrogens is 198 g/mol. The van der Waals surface area contributed by atoms with Crippen LogP contribution in [0, 0.1) is 6.92 Å². The lowest BCUT2D eigenvalue weighted by molar-refractivity contribution is 0.0696. The summed E-state index contributed by atoms with van der Waals surface area (Å²) in [6, 6.07) is 2.42. The minimum atomic E-state index is -1.13. The molecule has 0 saturated heterocycles. The zero-order valence-electron chi connectivity index (χ0n) is 8.37. The molecule has 0 heterocycles. The summed E-state index contributed by atoms with van der Waals surface area (Å²) < 4.78 is 0. The van der Waals surface area contributed by atoms with E-state index in [1.54, 1.807) is 6.92 Å². The fraction of sp³-hybridized carbons (Fsp3) is 0.200. The van der Waals surface area contributed by atoms with E-state index in [-0.39, 0.29) is 16.9 Å². The first kappa shape index (κ1) is 11.0. The number of carboxylic acid groups (broad SMARTS) is 1. The van der Waals surface area contributed by atoms with Gasteiger partial charge in [0.2, 0.25) is 0 Å². The summed E-state index contributed by atoms with van der Waals surface area (Å²) in [4.78, 5) is 22.0. The number of carbonyl (C=O) groups excluding carboxylic acids is 1.